The number of nitrogens with one attached hydrogen (secondary N) is 1. The van der Waals surface area contributed by atoms with Gasteiger partial charge in [0.05, 0.1) is 0 Å². The average Bonchev–Trinajstić information content (AvgIpc) is 2.18. The third-order valence-corrected chi connectivity index (χ3v) is 2.75. The van der Waals surface area contributed by atoms with E-state index in [1.807, 2.05) is 20.8 Å². The first-order valence-corrected chi connectivity index (χ1v) is 6.33. The highest BCUT2D eigenvalue weighted by atomic mass is 16.4. The summed E-state index contributed by atoms with van der Waals surface area (Å²) in [5.41, 5.74) is -0.960. The number of carboxylic acid groups (broad SMARTS) is 1. The zero-order valence-corrected chi connectivity index (χ0v) is 12.8. The van der Waals surface area contributed by atoms with E-state index in [9.17, 15) is 14.7 Å². The summed E-state index contributed by atoms with van der Waals surface area (Å²) in [6, 6.07) is -1.33. The smallest absolute Gasteiger partial charge is 0.326 e. The zero-order chi connectivity index (χ0) is 15.4. The molecule has 2 amide bonds. The molecule has 110 valence electrons. The number of rotatable bonds is 4. The quantitative estimate of drug-likeness (QED) is 0.771. The lowest BCUT2D eigenvalue weighted by molar-refractivity contribution is -0.142. The van der Waals surface area contributed by atoms with E-state index in [4.69, 9.17) is 0 Å². The summed E-state index contributed by atoms with van der Waals surface area (Å²) in [5.74, 6) is -1.03. The molecule has 0 aliphatic rings. The number of hydrogen-bond donors (Lipinski definition) is 2. The van der Waals surface area contributed by atoms with Gasteiger partial charge in [0.15, 0.2) is 0 Å². The fourth-order valence-corrected chi connectivity index (χ4v) is 1.64. The number of hydrogen-bond acceptors (Lipinski definition) is 2. The van der Waals surface area contributed by atoms with Gasteiger partial charge in [-0.2, -0.15) is 0 Å². The van der Waals surface area contributed by atoms with E-state index in [0.29, 0.717) is 6.54 Å². The molecule has 0 aliphatic carbocycles. The van der Waals surface area contributed by atoms with Crippen LogP contribution in [0, 0.1) is 5.41 Å². The van der Waals surface area contributed by atoms with Crippen molar-refractivity contribution in [2.45, 2.75) is 53.1 Å². The molecule has 2 N–H and O–H groups in total. The Hall–Kier alpha value is -1.52. The Balaban J connectivity index is 5.08. The molecule has 0 aliphatic heterocycles. The molecule has 0 aromatic heterocycles. The van der Waals surface area contributed by atoms with Crippen LogP contribution in [0.5, 0.6) is 0 Å². The Kier molecular flexibility index (Phi) is 5.60. The molecule has 5 heteroatoms. The molecule has 0 fully saturated rings. The van der Waals surface area contributed by atoms with E-state index in [1.165, 1.54) is 0 Å². The van der Waals surface area contributed by atoms with Gasteiger partial charge in [-0.15, -0.1) is 6.58 Å². The summed E-state index contributed by atoms with van der Waals surface area (Å²) in [6.07, 6.45) is 1.62. The van der Waals surface area contributed by atoms with Crippen LogP contribution in [0.3, 0.4) is 0 Å². The lowest BCUT2D eigenvalue weighted by Gasteiger charge is -2.37. The fraction of sp³-hybridized carbons (Fsp3) is 0.714. The van der Waals surface area contributed by atoms with E-state index < -0.39 is 29.0 Å². The van der Waals surface area contributed by atoms with Crippen molar-refractivity contribution in [3.05, 3.63) is 12.7 Å². The van der Waals surface area contributed by atoms with Gasteiger partial charge in [0.1, 0.15) is 6.04 Å². The van der Waals surface area contributed by atoms with Crippen LogP contribution in [0.1, 0.15) is 41.5 Å². The molecule has 0 aromatic rings. The molecule has 19 heavy (non-hydrogen) atoms. The van der Waals surface area contributed by atoms with Gasteiger partial charge < -0.3 is 15.3 Å². The van der Waals surface area contributed by atoms with Crippen molar-refractivity contribution >= 4 is 12.0 Å². The van der Waals surface area contributed by atoms with E-state index >= 15 is 0 Å². The molecule has 0 aromatic carbocycles. The van der Waals surface area contributed by atoms with Gasteiger partial charge in [-0.25, -0.2) is 9.59 Å². The highest BCUT2D eigenvalue weighted by Gasteiger charge is 2.35. The number of carboxylic acids is 1. The van der Waals surface area contributed by atoms with E-state index in [-0.39, 0.29) is 0 Å². The number of nitrogens with zero attached hydrogens (tertiary/aromatic N) is 1. The maximum Gasteiger partial charge on any atom is 0.326 e. The monoisotopic (exact) mass is 270 g/mol. The normalized spacial score (nSPS) is 13.6. The second kappa shape index (κ2) is 6.08. The second-order valence-electron chi connectivity index (χ2n) is 6.66. The molecule has 0 saturated carbocycles. The minimum absolute atomic E-state index is 0.367. The van der Waals surface area contributed by atoms with Gasteiger partial charge in [-0.3, -0.25) is 0 Å². The third kappa shape index (κ3) is 5.32. The maximum absolute atomic E-state index is 12.2. The van der Waals surface area contributed by atoms with Crippen molar-refractivity contribution in [2.75, 3.05) is 6.54 Å². The van der Waals surface area contributed by atoms with Crippen molar-refractivity contribution in [2.24, 2.45) is 5.41 Å². The summed E-state index contributed by atoms with van der Waals surface area (Å²) in [4.78, 5) is 25.1. The van der Waals surface area contributed by atoms with Crippen LogP contribution in [-0.2, 0) is 4.79 Å². The van der Waals surface area contributed by atoms with Gasteiger partial charge in [-0.1, -0.05) is 26.8 Å². The fourth-order valence-electron chi connectivity index (χ4n) is 1.64. The molecule has 1 atom stereocenters. The molecule has 0 spiro atoms. The van der Waals surface area contributed by atoms with E-state index in [0.717, 1.165) is 0 Å². The zero-order valence-electron chi connectivity index (χ0n) is 12.8. The standard InChI is InChI=1S/C14H26N2O3/c1-8-9-16(14(5,6)7)12(19)15-10(11(17)18)13(2,3)4/h8,10H,1,9H2,2-7H3,(H,15,19)(H,17,18)/t10-/m0/s1. The molecule has 0 heterocycles. The van der Waals surface area contributed by atoms with Crippen molar-refractivity contribution < 1.29 is 14.7 Å². The lowest BCUT2D eigenvalue weighted by atomic mass is 9.87. The van der Waals surface area contributed by atoms with Crippen LogP contribution < -0.4 is 5.32 Å². The molecule has 0 bridgehead atoms. The summed E-state index contributed by atoms with van der Waals surface area (Å²) < 4.78 is 0. The highest BCUT2D eigenvalue weighted by Crippen LogP contribution is 2.21. The molecular formula is C14H26N2O3. The largest absolute Gasteiger partial charge is 0.480 e. The minimum atomic E-state index is -1.03. The predicted molar refractivity (Wildman–Crippen MR) is 76.1 cm³/mol. The maximum atomic E-state index is 12.2. The van der Waals surface area contributed by atoms with Gasteiger partial charge >= 0.3 is 12.0 Å². The van der Waals surface area contributed by atoms with Crippen molar-refractivity contribution in [1.29, 1.82) is 0 Å². The molecule has 0 unspecified atom stereocenters. The summed E-state index contributed by atoms with van der Waals surface area (Å²) in [7, 11) is 0. The summed E-state index contributed by atoms with van der Waals surface area (Å²) in [6.45, 7) is 15.0. The Morgan fingerprint density at radius 1 is 1.26 bits per heavy atom. The van der Waals surface area contributed by atoms with E-state index in [2.05, 4.69) is 11.9 Å². The minimum Gasteiger partial charge on any atom is -0.480 e. The number of aliphatic carboxylic acids is 1. The van der Waals surface area contributed by atoms with Gasteiger partial charge in [0, 0.05) is 12.1 Å². The van der Waals surface area contributed by atoms with E-state index in [1.54, 1.807) is 31.7 Å². The van der Waals surface area contributed by atoms with Gasteiger partial charge in [0.2, 0.25) is 0 Å². The topological polar surface area (TPSA) is 69.6 Å². The molecular weight excluding hydrogens is 244 g/mol. The number of carbonyl (C=O) groups is 2. The molecule has 0 radical (unpaired) electrons. The Labute approximate surface area is 115 Å². The van der Waals surface area contributed by atoms with Crippen LogP contribution >= 0.6 is 0 Å². The highest BCUT2D eigenvalue weighted by molar-refractivity contribution is 5.83. The third-order valence-electron chi connectivity index (χ3n) is 2.75. The SMILES string of the molecule is C=CCN(C(=O)N[C@@H](C(=O)O)C(C)(C)C)C(C)(C)C. The van der Waals surface area contributed by atoms with Crippen LogP contribution in [0.4, 0.5) is 4.79 Å². The first-order chi connectivity index (χ1) is 8.41. The van der Waals surface area contributed by atoms with Gasteiger partial charge in [0.25, 0.3) is 0 Å². The van der Waals surface area contributed by atoms with Crippen LogP contribution in [0.25, 0.3) is 0 Å². The van der Waals surface area contributed by atoms with Crippen LogP contribution in [0.15, 0.2) is 12.7 Å². The Morgan fingerprint density at radius 2 is 1.74 bits per heavy atom. The second-order valence-corrected chi connectivity index (χ2v) is 6.66. The Morgan fingerprint density at radius 3 is 2.00 bits per heavy atom. The van der Waals surface area contributed by atoms with Crippen molar-refractivity contribution in [3.63, 3.8) is 0 Å². The molecule has 0 rings (SSSR count). The van der Waals surface area contributed by atoms with Crippen molar-refractivity contribution in [1.82, 2.24) is 10.2 Å². The average molecular weight is 270 g/mol. The van der Waals surface area contributed by atoms with Crippen LogP contribution in [0.2, 0.25) is 0 Å². The number of urea groups is 1. The van der Waals surface area contributed by atoms with Crippen molar-refractivity contribution in [3.8, 4) is 0 Å². The van der Waals surface area contributed by atoms with Crippen LogP contribution in [-0.4, -0.2) is 40.1 Å². The summed E-state index contributed by atoms with van der Waals surface area (Å²) >= 11 is 0. The first kappa shape index (κ1) is 17.5. The van der Waals surface area contributed by atoms with Gasteiger partial charge in [-0.05, 0) is 26.2 Å². The predicted octanol–water partition coefficient (Wildman–Crippen LogP) is 2.48. The Bertz CT molecular complexity index is 351. The first-order valence-electron chi connectivity index (χ1n) is 6.33. The number of carbonyl (C=O) groups excluding carboxylic acids is 1. The number of amides is 2. The lowest BCUT2D eigenvalue weighted by Crippen LogP contribution is -2.57. The molecule has 5 nitrogen and oxygen atoms in total. The molecule has 0 saturated heterocycles. The summed E-state index contributed by atoms with van der Waals surface area (Å²) in [5, 5.41) is 11.8.